The highest BCUT2D eigenvalue weighted by Gasteiger charge is 2.13. The van der Waals surface area contributed by atoms with E-state index in [1.165, 1.54) is 24.7 Å². The largest absolute Gasteiger partial charge is 0.386 e. The third-order valence-corrected chi connectivity index (χ3v) is 2.35. The number of rotatable bonds is 3. The summed E-state index contributed by atoms with van der Waals surface area (Å²) >= 11 is 0. The van der Waals surface area contributed by atoms with Gasteiger partial charge in [-0.15, -0.1) is 0 Å². The van der Waals surface area contributed by atoms with Crippen LogP contribution in [0.5, 0.6) is 0 Å². The number of hydrogen-bond acceptors (Lipinski definition) is 3. The van der Waals surface area contributed by atoms with Crippen molar-refractivity contribution in [2.24, 2.45) is 0 Å². The maximum absolute atomic E-state index is 13.3. The predicted molar refractivity (Wildman–Crippen MR) is 57.1 cm³/mol. The predicted octanol–water partition coefficient (Wildman–Crippen LogP) is 2.03. The maximum Gasteiger partial charge on any atom is 0.129 e. The summed E-state index contributed by atoms with van der Waals surface area (Å²) in [5, 5.41) is 9.80. The van der Waals surface area contributed by atoms with Crippen molar-refractivity contribution in [3.05, 3.63) is 59.7 Å². The minimum atomic E-state index is -0.955. The molecule has 88 valence electrons. The molecule has 0 aliphatic rings. The Morgan fingerprint density at radius 1 is 1.24 bits per heavy atom. The Morgan fingerprint density at radius 2 is 2.06 bits per heavy atom. The lowest BCUT2D eigenvalue weighted by atomic mass is 10.1. The van der Waals surface area contributed by atoms with Crippen molar-refractivity contribution in [2.45, 2.75) is 12.5 Å². The minimum Gasteiger partial charge on any atom is -0.386 e. The van der Waals surface area contributed by atoms with Crippen molar-refractivity contribution in [3.8, 4) is 0 Å². The van der Waals surface area contributed by atoms with Crippen LogP contribution in [-0.2, 0) is 6.42 Å². The molecule has 17 heavy (non-hydrogen) atoms. The molecule has 0 spiro atoms. The summed E-state index contributed by atoms with van der Waals surface area (Å²) in [6.07, 6.45) is 3.41. The molecule has 0 aliphatic heterocycles. The van der Waals surface area contributed by atoms with Crippen LogP contribution in [-0.4, -0.2) is 15.1 Å². The van der Waals surface area contributed by atoms with Crippen LogP contribution >= 0.6 is 0 Å². The van der Waals surface area contributed by atoms with Crippen molar-refractivity contribution < 1.29 is 13.9 Å². The van der Waals surface area contributed by atoms with Crippen LogP contribution < -0.4 is 0 Å². The van der Waals surface area contributed by atoms with E-state index in [0.717, 1.165) is 12.1 Å². The number of benzene rings is 1. The SMILES string of the molecule is OC(Cc1ccc(F)cc1F)c1cnccn1. The van der Waals surface area contributed by atoms with Gasteiger partial charge < -0.3 is 5.11 Å². The summed E-state index contributed by atoms with van der Waals surface area (Å²) in [5.74, 6) is -1.31. The molecule has 5 heteroatoms. The first-order valence-corrected chi connectivity index (χ1v) is 5.04. The van der Waals surface area contributed by atoms with E-state index in [-0.39, 0.29) is 12.0 Å². The molecule has 1 unspecified atom stereocenters. The van der Waals surface area contributed by atoms with E-state index in [4.69, 9.17) is 0 Å². The van der Waals surface area contributed by atoms with Gasteiger partial charge in [-0.25, -0.2) is 8.78 Å². The number of hydrogen-bond donors (Lipinski definition) is 1. The zero-order valence-corrected chi connectivity index (χ0v) is 8.85. The molecule has 1 atom stereocenters. The van der Waals surface area contributed by atoms with Gasteiger partial charge in [0, 0.05) is 24.9 Å². The molecule has 1 aromatic heterocycles. The quantitative estimate of drug-likeness (QED) is 0.886. The van der Waals surface area contributed by atoms with Crippen molar-refractivity contribution >= 4 is 0 Å². The third kappa shape index (κ3) is 2.82. The molecule has 0 saturated heterocycles. The first-order chi connectivity index (χ1) is 8.16. The van der Waals surface area contributed by atoms with Gasteiger partial charge in [0.2, 0.25) is 0 Å². The summed E-state index contributed by atoms with van der Waals surface area (Å²) in [5.41, 5.74) is 0.598. The molecule has 0 aliphatic carbocycles. The second-order valence-corrected chi connectivity index (χ2v) is 3.59. The molecule has 1 aromatic carbocycles. The van der Waals surface area contributed by atoms with Crippen LogP contribution in [0.4, 0.5) is 8.78 Å². The molecule has 0 saturated carbocycles. The average molecular weight is 236 g/mol. The molecule has 0 fully saturated rings. The van der Waals surface area contributed by atoms with E-state index >= 15 is 0 Å². The Hall–Kier alpha value is -1.88. The van der Waals surface area contributed by atoms with E-state index in [1.54, 1.807) is 0 Å². The van der Waals surface area contributed by atoms with Crippen LogP contribution in [0, 0.1) is 11.6 Å². The van der Waals surface area contributed by atoms with Crippen LogP contribution in [0.25, 0.3) is 0 Å². The Morgan fingerprint density at radius 3 is 2.71 bits per heavy atom. The Labute approximate surface area is 96.8 Å². The second-order valence-electron chi connectivity index (χ2n) is 3.59. The summed E-state index contributed by atoms with van der Waals surface area (Å²) in [6.45, 7) is 0. The minimum absolute atomic E-state index is 0.0325. The van der Waals surface area contributed by atoms with E-state index in [2.05, 4.69) is 9.97 Å². The summed E-state index contributed by atoms with van der Waals surface area (Å²) in [4.78, 5) is 7.72. The number of halogens is 2. The third-order valence-electron chi connectivity index (χ3n) is 2.35. The number of aromatic nitrogens is 2. The molecule has 0 bridgehead atoms. The summed E-state index contributed by atoms with van der Waals surface area (Å²) < 4.78 is 26.0. The van der Waals surface area contributed by atoms with E-state index in [1.807, 2.05) is 0 Å². The van der Waals surface area contributed by atoms with Crippen molar-refractivity contribution in [1.82, 2.24) is 9.97 Å². The van der Waals surface area contributed by atoms with E-state index in [0.29, 0.717) is 5.69 Å². The van der Waals surface area contributed by atoms with Gasteiger partial charge in [0.15, 0.2) is 0 Å². The fourth-order valence-electron chi connectivity index (χ4n) is 1.48. The average Bonchev–Trinajstić information content (AvgIpc) is 2.34. The number of aliphatic hydroxyl groups excluding tert-OH is 1. The highest BCUT2D eigenvalue weighted by atomic mass is 19.1. The standard InChI is InChI=1S/C12H10F2N2O/c13-9-2-1-8(10(14)6-9)5-12(17)11-7-15-3-4-16-11/h1-4,6-7,12,17H,5H2. The zero-order valence-electron chi connectivity index (χ0n) is 8.85. The van der Waals surface area contributed by atoms with Gasteiger partial charge in [-0.2, -0.15) is 0 Å². The molecule has 0 amide bonds. The van der Waals surface area contributed by atoms with Crippen LogP contribution in [0.15, 0.2) is 36.8 Å². The summed E-state index contributed by atoms with van der Waals surface area (Å²) in [7, 11) is 0. The van der Waals surface area contributed by atoms with Crippen molar-refractivity contribution in [3.63, 3.8) is 0 Å². The van der Waals surface area contributed by atoms with Gasteiger partial charge >= 0.3 is 0 Å². The van der Waals surface area contributed by atoms with Crippen LogP contribution in [0.1, 0.15) is 17.4 Å². The summed E-state index contributed by atoms with van der Waals surface area (Å²) in [6, 6.07) is 3.25. The van der Waals surface area contributed by atoms with Gasteiger partial charge in [0.1, 0.15) is 17.7 Å². The van der Waals surface area contributed by atoms with Gasteiger partial charge in [0.25, 0.3) is 0 Å². The molecule has 1 heterocycles. The Balaban J connectivity index is 2.16. The topological polar surface area (TPSA) is 46.0 Å². The zero-order chi connectivity index (χ0) is 12.3. The van der Waals surface area contributed by atoms with Gasteiger partial charge in [-0.3, -0.25) is 9.97 Å². The fraction of sp³-hybridized carbons (Fsp3) is 0.167. The second kappa shape index (κ2) is 4.97. The molecular formula is C12H10F2N2O. The highest BCUT2D eigenvalue weighted by molar-refractivity contribution is 5.20. The molecule has 1 N–H and O–H groups in total. The first kappa shape index (κ1) is 11.6. The van der Waals surface area contributed by atoms with Crippen LogP contribution in [0.3, 0.4) is 0 Å². The lowest BCUT2D eigenvalue weighted by molar-refractivity contribution is 0.172. The normalized spacial score (nSPS) is 12.4. The molecule has 3 nitrogen and oxygen atoms in total. The molecule has 2 rings (SSSR count). The molecule has 2 aromatic rings. The highest BCUT2D eigenvalue weighted by Crippen LogP contribution is 2.18. The monoisotopic (exact) mass is 236 g/mol. The Bertz CT molecular complexity index is 505. The fourth-order valence-corrected chi connectivity index (χ4v) is 1.48. The van der Waals surface area contributed by atoms with Crippen LogP contribution in [0.2, 0.25) is 0 Å². The lowest BCUT2D eigenvalue weighted by Gasteiger charge is -2.10. The Kier molecular flexibility index (Phi) is 3.39. The maximum atomic E-state index is 13.3. The van der Waals surface area contributed by atoms with Gasteiger partial charge in [0.05, 0.1) is 11.9 Å². The van der Waals surface area contributed by atoms with E-state index < -0.39 is 17.7 Å². The van der Waals surface area contributed by atoms with Crippen molar-refractivity contribution in [2.75, 3.05) is 0 Å². The number of aliphatic hydroxyl groups is 1. The lowest BCUT2D eigenvalue weighted by Crippen LogP contribution is -2.06. The number of nitrogens with zero attached hydrogens (tertiary/aromatic N) is 2. The van der Waals surface area contributed by atoms with Gasteiger partial charge in [-0.1, -0.05) is 6.07 Å². The van der Waals surface area contributed by atoms with Gasteiger partial charge in [-0.05, 0) is 11.6 Å². The molecular weight excluding hydrogens is 226 g/mol. The van der Waals surface area contributed by atoms with E-state index in [9.17, 15) is 13.9 Å². The molecule has 0 radical (unpaired) electrons. The smallest absolute Gasteiger partial charge is 0.129 e. The first-order valence-electron chi connectivity index (χ1n) is 5.04. The van der Waals surface area contributed by atoms with Crippen molar-refractivity contribution in [1.29, 1.82) is 0 Å².